The molecule has 10 heteroatoms. The van der Waals surface area contributed by atoms with Gasteiger partial charge in [0.05, 0.1) is 7.11 Å². The number of benzene rings is 1. The Balaban J connectivity index is 1.43. The molecule has 0 fully saturated rings. The predicted octanol–water partition coefficient (Wildman–Crippen LogP) is 3.50. The van der Waals surface area contributed by atoms with Crippen LogP contribution in [-0.4, -0.2) is 38.7 Å². The second kappa shape index (κ2) is 10.5. The zero-order valence-electron chi connectivity index (χ0n) is 19.5. The molecule has 0 spiro atoms. The maximum atomic E-state index is 12.8. The van der Waals surface area contributed by atoms with Gasteiger partial charge in [-0.15, -0.1) is 0 Å². The highest BCUT2D eigenvalue weighted by molar-refractivity contribution is 6.02. The van der Waals surface area contributed by atoms with Crippen LogP contribution in [0.3, 0.4) is 0 Å². The quantitative estimate of drug-likeness (QED) is 0.403. The molecule has 0 unspecified atom stereocenters. The molecule has 10 nitrogen and oxygen atoms in total. The van der Waals surface area contributed by atoms with E-state index in [1.54, 1.807) is 73.7 Å². The number of hydrogen-bond donors (Lipinski definition) is 2. The average molecular weight is 473 g/mol. The van der Waals surface area contributed by atoms with Gasteiger partial charge in [0.1, 0.15) is 17.3 Å². The number of nitrogens with one attached hydrogen (secondary N) is 2. The van der Waals surface area contributed by atoms with E-state index >= 15 is 0 Å². The van der Waals surface area contributed by atoms with Gasteiger partial charge < -0.3 is 20.1 Å². The number of ether oxygens (including phenoxy) is 2. The summed E-state index contributed by atoms with van der Waals surface area (Å²) in [4.78, 5) is 33.4. The van der Waals surface area contributed by atoms with E-state index in [0.29, 0.717) is 40.9 Å². The summed E-state index contributed by atoms with van der Waals surface area (Å²) >= 11 is 0. The molecule has 2 amide bonds. The van der Waals surface area contributed by atoms with Gasteiger partial charge >= 0.3 is 0 Å². The second-order valence-corrected chi connectivity index (χ2v) is 7.63. The lowest BCUT2D eigenvalue weighted by Crippen LogP contribution is -2.23. The Morgan fingerprint density at radius 1 is 1.06 bits per heavy atom. The number of aryl methyl sites for hydroxylation is 1. The van der Waals surface area contributed by atoms with Crippen molar-refractivity contribution in [2.75, 3.05) is 12.4 Å². The topological polar surface area (TPSA) is 120 Å². The lowest BCUT2D eigenvalue weighted by atomic mass is 10.1. The molecule has 4 rings (SSSR count). The molecule has 178 valence electrons. The maximum Gasteiger partial charge on any atom is 0.277 e. The van der Waals surface area contributed by atoms with Crippen molar-refractivity contribution in [3.05, 3.63) is 89.5 Å². The highest BCUT2D eigenvalue weighted by atomic mass is 16.5. The van der Waals surface area contributed by atoms with Crippen molar-refractivity contribution in [1.29, 1.82) is 0 Å². The van der Waals surface area contributed by atoms with Crippen LogP contribution in [0.15, 0.2) is 67.1 Å². The number of carbonyl (C=O) groups excluding carboxylic acids is 2. The van der Waals surface area contributed by atoms with E-state index in [-0.39, 0.29) is 17.5 Å². The number of pyridine rings is 2. The standard InChI is InChI=1S/C25H24N6O4/c1-16-19(24(32)28-15-17-7-8-23(34-3)27-14-17)5-4-6-21(16)35-18-9-11-26-22(13-18)29-25(33)20-10-12-31(2)30-20/h4-14H,15H2,1-3H3,(H,28,32)(H,26,29,33). The number of anilines is 1. The minimum atomic E-state index is -0.378. The van der Waals surface area contributed by atoms with Gasteiger partial charge in [0.25, 0.3) is 11.8 Å². The van der Waals surface area contributed by atoms with Crippen LogP contribution in [0.25, 0.3) is 0 Å². The molecule has 0 aliphatic heterocycles. The van der Waals surface area contributed by atoms with E-state index in [4.69, 9.17) is 9.47 Å². The van der Waals surface area contributed by atoms with E-state index in [0.717, 1.165) is 5.56 Å². The largest absolute Gasteiger partial charge is 0.481 e. The molecule has 0 bridgehead atoms. The van der Waals surface area contributed by atoms with E-state index in [9.17, 15) is 9.59 Å². The molecule has 3 heterocycles. The highest BCUT2D eigenvalue weighted by Crippen LogP contribution is 2.28. The number of methoxy groups -OCH3 is 1. The molecule has 0 saturated heterocycles. The lowest BCUT2D eigenvalue weighted by molar-refractivity contribution is 0.0949. The minimum absolute atomic E-state index is 0.234. The summed E-state index contributed by atoms with van der Waals surface area (Å²) in [6.07, 6.45) is 4.86. The molecule has 1 aromatic carbocycles. The first kappa shape index (κ1) is 23.4. The fourth-order valence-electron chi connectivity index (χ4n) is 3.27. The predicted molar refractivity (Wildman–Crippen MR) is 129 cm³/mol. The molecule has 0 aliphatic carbocycles. The number of amides is 2. The molecule has 0 saturated carbocycles. The molecular weight excluding hydrogens is 448 g/mol. The third-order valence-electron chi connectivity index (χ3n) is 5.14. The van der Waals surface area contributed by atoms with Gasteiger partial charge in [0.15, 0.2) is 5.69 Å². The van der Waals surface area contributed by atoms with Crippen molar-refractivity contribution >= 4 is 17.6 Å². The SMILES string of the molecule is COc1ccc(CNC(=O)c2cccc(Oc3ccnc(NC(=O)c4ccn(C)n4)c3)c2C)cn1. The zero-order valence-corrected chi connectivity index (χ0v) is 19.5. The van der Waals surface area contributed by atoms with E-state index < -0.39 is 0 Å². The highest BCUT2D eigenvalue weighted by Gasteiger charge is 2.14. The Kier molecular flexibility index (Phi) is 7.01. The van der Waals surface area contributed by atoms with Crippen molar-refractivity contribution in [2.24, 2.45) is 7.05 Å². The molecule has 4 aromatic rings. The normalized spacial score (nSPS) is 10.5. The van der Waals surface area contributed by atoms with E-state index in [1.165, 1.54) is 6.20 Å². The second-order valence-electron chi connectivity index (χ2n) is 7.63. The fourth-order valence-corrected chi connectivity index (χ4v) is 3.27. The zero-order chi connectivity index (χ0) is 24.8. The van der Waals surface area contributed by atoms with E-state index in [1.807, 2.05) is 13.0 Å². The van der Waals surface area contributed by atoms with Crippen LogP contribution in [-0.2, 0) is 13.6 Å². The van der Waals surface area contributed by atoms with Gasteiger partial charge in [-0.1, -0.05) is 12.1 Å². The lowest BCUT2D eigenvalue weighted by Gasteiger charge is -2.13. The van der Waals surface area contributed by atoms with Crippen molar-refractivity contribution in [1.82, 2.24) is 25.1 Å². The number of rotatable bonds is 8. The van der Waals surface area contributed by atoms with Gasteiger partial charge in [0, 0.05) is 55.4 Å². The van der Waals surface area contributed by atoms with E-state index in [2.05, 4.69) is 25.7 Å². The Hall–Kier alpha value is -4.73. The molecule has 0 atom stereocenters. The molecule has 0 aliphatic rings. The fraction of sp³-hybridized carbons (Fsp3) is 0.160. The summed E-state index contributed by atoms with van der Waals surface area (Å²) in [5.74, 6) is 1.19. The summed E-state index contributed by atoms with van der Waals surface area (Å²) in [5, 5.41) is 9.67. The van der Waals surface area contributed by atoms with Crippen LogP contribution in [0.5, 0.6) is 17.4 Å². The van der Waals surface area contributed by atoms with Crippen LogP contribution in [0.2, 0.25) is 0 Å². The van der Waals surface area contributed by atoms with Crippen molar-refractivity contribution in [2.45, 2.75) is 13.5 Å². The van der Waals surface area contributed by atoms with Gasteiger partial charge in [-0.25, -0.2) is 9.97 Å². The van der Waals surface area contributed by atoms with Gasteiger partial charge in [0.2, 0.25) is 5.88 Å². The smallest absolute Gasteiger partial charge is 0.277 e. The molecule has 35 heavy (non-hydrogen) atoms. The number of hydrogen-bond acceptors (Lipinski definition) is 7. The van der Waals surface area contributed by atoms with Crippen LogP contribution >= 0.6 is 0 Å². The third-order valence-corrected chi connectivity index (χ3v) is 5.14. The summed E-state index contributed by atoms with van der Waals surface area (Å²) in [6.45, 7) is 2.13. The van der Waals surface area contributed by atoms with Gasteiger partial charge in [-0.05, 0) is 36.8 Å². The molecular formula is C25H24N6O4. The van der Waals surface area contributed by atoms with Crippen LogP contribution in [0.4, 0.5) is 5.82 Å². The Morgan fingerprint density at radius 3 is 2.63 bits per heavy atom. The Labute approximate surface area is 201 Å². The average Bonchev–Trinajstić information content (AvgIpc) is 3.31. The maximum absolute atomic E-state index is 12.8. The first-order valence-electron chi connectivity index (χ1n) is 10.7. The molecule has 2 N–H and O–H groups in total. The Morgan fingerprint density at radius 2 is 1.91 bits per heavy atom. The summed E-state index contributed by atoms with van der Waals surface area (Å²) in [6, 6.07) is 13.7. The number of nitrogens with zero attached hydrogens (tertiary/aromatic N) is 4. The third kappa shape index (κ3) is 5.80. The van der Waals surface area contributed by atoms with Crippen molar-refractivity contribution in [3.63, 3.8) is 0 Å². The summed E-state index contributed by atoms with van der Waals surface area (Å²) in [7, 11) is 3.28. The van der Waals surface area contributed by atoms with Gasteiger partial charge in [-0.2, -0.15) is 5.10 Å². The van der Waals surface area contributed by atoms with Crippen LogP contribution in [0.1, 0.15) is 32.0 Å². The van der Waals surface area contributed by atoms with Crippen molar-refractivity contribution < 1.29 is 19.1 Å². The molecule has 0 radical (unpaired) electrons. The number of aromatic nitrogens is 4. The van der Waals surface area contributed by atoms with Crippen molar-refractivity contribution in [3.8, 4) is 17.4 Å². The first-order valence-corrected chi connectivity index (χ1v) is 10.7. The molecule has 3 aromatic heterocycles. The Bertz CT molecular complexity index is 1350. The summed E-state index contributed by atoms with van der Waals surface area (Å²) < 4.78 is 12.6. The number of carbonyl (C=O) groups is 2. The van der Waals surface area contributed by atoms with Gasteiger partial charge in [-0.3, -0.25) is 14.3 Å². The minimum Gasteiger partial charge on any atom is -0.481 e. The van der Waals surface area contributed by atoms with Crippen LogP contribution in [0, 0.1) is 6.92 Å². The van der Waals surface area contributed by atoms with Crippen LogP contribution < -0.4 is 20.1 Å². The first-order chi connectivity index (χ1) is 16.9. The monoisotopic (exact) mass is 472 g/mol. The summed E-state index contributed by atoms with van der Waals surface area (Å²) in [5.41, 5.74) is 2.29.